The number of nitrogens with zero attached hydrogens (tertiary/aromatic N) is 2. The molecule has 1 aromatic heterocycles. The Kier molecular flexibility index (Phi) is 3.67. The number of rotatable bonds is 3. The van der Waals surface area contributed by atoms with E-state index >= 15 is 0 Å². The van der Waals surface area contributed by atoms with Gasteiger partial charge in [0.15, 0.2) is 0 Å². The van der Waals surface area contributed by atoms with E-state index in [-0.39, 0.29) is 6.04 Å². The zero-order valence-electron chi connectivity index (χ0n) is 6.79. The van der Waals surface area contributed by atoms with E-state index in [1.807, 2.05) is 6.92 Å². The third-order valence-electron chi connectivity index (χ3n) is 1.35. The van der Waals surface area contributed by atoms with Crippen molar-refractivity contribution in [3.05, 3.63) is 16.0 Å². The molecular weight excluding hydrogens is 267 g/mol. The Morgan fingerprint density at radius 1 is 1.58 bits per heavy atom. The van der Waals surface area contributed by atoms with Crippen LogP contribution >= 0.6 is 22.6 Å². The van der Waals surface area contributed by atoms with Gasteiger partial charge in [-0.05, 0) is 29.5 Å². The first-order valence-corrected chi connectivity index (χ1v) is 4.74. The number of nitrogens with two attached hydrogens (primary N) is 1. The van der Waals surface area contributed by atoms with Gasteiger partial charge in [0, 0.05) is 28.6 Å². The summed E-state index contributed by atoms with van der Waals surface area (Å²) in [6, 6.07) is 0.213. The molecule has 4 nitrogen and oxygen atoms in total. The van der Waals surface area contributed by atoms with Gasteiger partial charge in [0.05, 0.1) is 0 Å². The minimum atomic E-state index is 0.213. The minimum absolute atomic E-state index is 0.213. The fourth-order valence-electron chi connectivity index (χ4n) is 0.666. The highest BCUT2D eigenvalue weighted by Crippen LogP contribution is 2.03. The number of nitrogens with one attached hydrogen (secondary N) is 1. The van der Waals surface area contributed by atoms with Crippen molar-refractivity contribution in [1.29, 1.82) is 0 Å². The Bertz CT molecular complexity index is 236. The van der Waals surface area contributed by atoms with Gasteiger partial charge in [-0.15, -0.1) is 0 Å². The number of hydrogen-bond acceptors (Lipinski definition) is 4. The lowest BCUT2D eigenvalue weighted by Crippen LogP contribution is -2.26. The smallest absolute Gasteiger partial charge is 0.222 e. The Labute approximate surface area is 85.1 Å². The lowest BCUT2D eigenvalue weighted by atomic mass is 10.3. The van der Waals surface area contributed by atoms with Crippen LogP contribution in [0, 0.1) is 3.57 Å². The van der Waals surface area contributed by atoms with Crippen molar-refractivity contribution in [2.45, 2.75) is 13.0 Å². The molecule has 0 amide bonds. The van der Waals surface area contributed by atoms with Crippen LogP contribution in [0.5, 0.6) is 0 Å². The van der Waals surface area contributed by atoms with Crippen molar-refractivity contribution in [2.75, 3.05) is 11.9 Å². The van der Waals surface area contributed by atoms with Gasteiger partial charge in [0.25, 0.3) is 0 Å². The molecule has 0 aliphatic carbocycles. The Morgan fingerprint density at radius 3 is 2.67 bits per heavy atom. The maximum atomic E-state index is 5.43. The van der Waals surface area contributed by atoms with Crippen LogP contribution in [-0.2, 0) is 0 Å². The van der Waals surface area contributed by atoms with E-state index in [2.05, 4.69) is 37.9 Å². The topological polar surface area (TPSA) is 63.8 Å². The monoisotopic (exact) mass is 278 g/mol. The Hall–Kier alpha value is -0.430. The lowest BCUT2D eigenvalue weighted by molar-refractivity contribution is 0.790. The number of aromatic nitrogens is 2. The number of hydrogen-bond donors (Lipinski definition) is 2. The largest absolute Gasteiger partial charge is 0.351 e. The zero-order valence-corrected chi connectivity index (χ0v) is 8.95. The van der Waals surface area contributed by atoms with Crippen molar-refractivity contribution in [3.8, 4) is 0 Å². The summed E-state index contributed by atoms with van der Waals surface area (Å²) < 4.78 is 1.03. The molecule has 0 spiro atoms. The second-order valence-corrected chi connectivity index (χ2v) is 3.75. The van der Waals surface area contributed by atoms with Gasteiger partial charge in [-0.25, -0.2) is 9.97 Å². The molecule has 0 aliphatic rings. The van der Waals surface area contributed by atoms with Crippen molar-refractivity contribution in [1.82, 2.24) is 9.97 Å². The first kappa shape index (κ1) is 9.66. The van der Waals surface area contributed by atoms with E-state index in [9.17, 15) is 0 Å². The summed E-state index contributed by atoms with van der Waals surface area (Å²) in [4.78, 5) is 8.16. The second kappa shape index (κ2) is 4.56. The highest BCUT2D eigenvalue weighted by atomic mass is 127. The van der Waals surface area contributed by atoms with Crippen LogP contribution in [0.15, 0.2) is 12.4 Å². The number of halogens is 1. The van der Waals surface area contributed by atoms with E-state index in [1.54, 1.807) is 12.4 Å². The molecule has 0 aromatic carbocycles. The molecule has 0 bridgehead atoms. The summed E-state index contributed by atoms with van der Waals surface area (Å²) in [6.07, 6.45) is 3.53. The molecule has 0 fully saturated rings. The van der Waals surface area contributed by atoms with Crippen molar-refractivity contribution < 1.29 is 0 Å². The average Bonchev–Trinajstić information content (AvgIpc) is 2.09. The second-order valence-electron chi connectivity index (χ2n) is 2.51. The normalized spacial score (nSPS) is 12.6. The van der Waals surface area contributed by atoms with E-state index in [0.29, 0.717) is 12.5 Å². The lowest BCUT2D eigenvalue weighted by Gasteiger charge is -2.09. The third-order valence-corrected chi connectivity index (χ3v) is 1.91. The molecule has 1 unspecified atom stereocenters. The maximum absolute atomic E-state index is 5.43. The number of anilines is 1. The van der Waals surface area contributed by atoms with E-state index in [1.165, 1.54) is 0 Å². The highest BCUT2D eigenvalue weighted by molar-refractivity contribution is 14.1. The van der Waals surface area contributed by atoms with Gasteiger partial charge < -0.3 is 11.1 Å². The zero-order chi connectivity index (χ0) is 8.97. The van der Waals surface area contributed by atoms with Gasteiger partial charge in [0.1, 0.15) is 0 Å². The highest BCUT2D eigenvalue weighted by Gasteiger charge is 1.99. The Balaban J connectivity index is 2.58. The SMILES string of the molecule is CC(CN)Nc1ncc(I)cn1. The van der Waals surface area contributed by atoms with Crippen LogP contribution in [0.25, 0.3) is 0 Å². The van der Waals surface area contributed by atoms with E-state index < -0.39 is 0 Å². The van der Waals surface area contributed by atoms with E-state index in [0.717, 1.165) is 3.57 Å². The van der Waals surface area contributed by atoms with Gasteiger partial charge in [0.2, 0.25) is 5.95 Å². The van der Waals surface area contributed by atoms with Crippen LogP contribution in [0.3, 0.4) is 0 Å². The van der Waals surface area contributed by atoms with Crippen LogP contribution in [0.2, 0.25) is 0 Å². The fourth-order valence-corrected chi connectivity index (χ4v) is 0.945. The maximum Gasteiger partial charge on any atom is 0.222 e. The van der Waals surface area contributed by atoms with Crippen LogP contribution in [0.1, 0.15) is 6.92 Å². The van der Waals surface area contributed by atoms with Gasteiger partial charge in [-0.1, -0.05) is 0 Å². The van der Waals surface area contributed by atoms with Gasteiger partial charge in [-0.2, -0.15) is 0 Å². The molecule has 12 heavy (non-hydrogen) atoms. The first-order chi connectivity index (χ1) is 5.72. The molecule has 0 aliphatic heterocycles. The standard InChI is InChI=1S/C7H11IN4/c1-5(2-9)12-7-10-3-6(8)4-11-7/h3-5H,2,9H2,1H3,(H,10,11,12). The molecular formula is C7H11IN4. The average molecular weight is 278 g/mol. The van der Waals surface area contributed by atoms with Crippen molar-refractivity contribution in [2.24, 2.45) is 5.73 Å². The van der Waals surface area contributed by atoms with Crippen LogP contribution < -0.4 is 11.1 Å². The van der Waals surface area contributed by atoms with Crippen LogP contribution in [-0.4, -0.2) is 22.6 Å². The molecule has 66 valence electrons. The predicted octanol–water partition coefficient (Wildman–Crippen LogP) is 0.840. The van der Waals surface area contributed by atoms with E-state index in [4.69, 9.17) is 5.73 Å². The molecule has 5 heteroatoms. The van der Waals surface area contributed by atoms with Crippen molar-refractivity contribution in [3.63, 3.8) is 0 Å². The molecule has 3 N–H and O–H groups in total. The summed E-state index contributed by atoms with van der Waals surface area (Å²) in [6.45, 7) is 2.57. The molecule has 0 saturated carbocycles. The molecule has 1 rings (SSSR count). The first-order valence-electron chi connectivity index (χ1n) is 3.66. The minimum Gasteiger partial charge on any atom is -0.351 e. The Morgan fingerprint density at radius 2 is 2.17 bits per heavy atom. The van der Waals surface area contributed by atoms with Crippen molar-refractivity contribution >= 4 is 28.5 Å². The summed E-state index contributed by atoms with van der Waals surface area (Å²) in [5, 5.41) is 3.07. The third kappa shape index (κ3) is 2.90. The van der Waals surface area contributed by atoms with Crippen LogP contribution in [0.4, 0.5) is 5.95 Å². The molecule has 1 atom stereocenters. The molecule has 0 saturated heterocycles. The summed E-state index contributed by atoms with van der Waals surface area (Å²) in [5.41, 5.74) is 5.43. The quantitative estimate of drug-likeness (QED) is 0.804. The van der Waals surface area contributed by atoms with Gasteiger partial charge >= 0.3 is 0 Å². The predicted molar refractivity (Wildman–Crippen MR) is 56.9 cm³/mol. The summed E-state index contributed by atoms with van der Waals surface area (Å²) >= 11 is 2.16. The fraction of sp³-hybridized carbons (Fsp3) is 0.429. The molecule has 0 radical (unpaired) electrons. The molecule has 1 heterocycles. The summed E-state index contributed by atoms with van der Waals surface area (Å²) in [7, 11) is 0. The van der Waals surface area contributed by atoms with Gasteiger partial charge in [-0.3, -0.25) is 0 Å². The molecule has 1 aromatic rings. The summed E-state index contributed by atoms with van der Waals surface area (Å²) in [5.74, 6) is 0.633.